The van der Waals surface area contributed by atoms with Gasteiger partial charge in [-0.3, -0.25) is 0 Å². The predicted molar refractivity (Wildman–Crippen MR) is 68.5 cm³/mol. The van der Waals surface area contributed by atoms with Crippen LogP contribution in [0.25, 0.3) is 0 Å². The molecule has 1 heterocycles. The molecule has 20 heavy (non-hydrogen) atoms. The molecule has 2 aromatic rings. The van der Waals surface area contributed by atoms with Gasteiger partial charge in [0.05, 0.1) is 5.69 Å². The van der Waals surface area contributed by atoms with Gasteiger partial charge in [0.15, 0.2) is 5.75 Å². The van der Waals surface area contributed by atoms with Gasteiger partial charge in [-0.05, 0) is 24.3 Å². The minimum Gasteiger partial charge on any atom is -0.404 e. The fourth-order valence-electron chi connectivity index (χ4n) is 1.51. The smallest absolute Gasteiger partial charge is 0.404 e. The fraction of sp³-hybridized carbons (Fsp3) is 0.0833. The molecule has 0 atom stereocenters. The van der Waals surface area contributed by atoms with Gasteiger partial charge >= 0.3 is 6.36 Å². The van der Waals surface area contributed by atoms with Gasteiger partial charge in [-0.1, -0.05) is 18.2 Å². The molecule has 1 aromatic carbocycles. The predicted octanol–water partition coefficient (Wildman–Crippen LogP) is 3.01. The Kier molecular flexibility index (Phi) is 3.94. The van der Waals surface area contributed by atoms with Crippen LogP contribution in [0, 0.1) is 0 Å². The topological polar surface area (TPSA) is 72.2 Å². The van der Waals surface area contributed by atoms with Gasteiger partial charge in [0.1, 0.15) is 11.6 Å². The summed E-state index contributed by atoms with van der Waals surface area (Å²) in [4.78, 5) is 4.04. The quantitative estimate of drug-likeness (QED) is 0.594. The van der Waals surface area contributed by atoms with Crippen molar-refractivity contribution < 1.29 is 17.9 Å². The van der Waals surface area contributed by atoms with Crippen LogP contribution in [0.5, 0.6) is 5.75 Å². The Balaban J connectivity index is 2.24. The van der Waals surface area contributed by atoms with Crippen molar-refractivity contribution in [3.05, 3.63) is 42.5 Å². The van der Waals surface area contributed by atoms with E-state index >= 15 is 0 Å². The highest BCUT2D eigenvalue weighted by molar-refractivity contribution is 5.64. The lowest BCUT2D eigenvalue weighted by atomic mass is 10.3. The summed E-state index contributed by atoms with van der Waals surface area (Å²) in [6, 6.07) is 10.5. The first kappa shape index (κ1) is 13.9. The van der Waals surface area contributed by atoms with Crippen LogP contribution >= 0.6 is 0 Å². The van der Waals surface area contributed by atoms with E-state index in [0.29, 0.717) is 11.6 Å². The molecule has 0 aliphatic carbocycles. The van der Waals surface area contributed by atoms with Crippen molar-refractivity contribution in [2.45, 2.75) is 6.36 Å². The van der Waals surface area contributed by atoms with E-state index in [2.05, 4.69) is 20.5 Å². The number of hydrazine groups is 1. The molecule has 1 aromatic heterocycles. The second kappa shape index (κ2) is 5.66. The Labute approximate surface area is 112 Å². The number of aromatic nitrogens is 1. The van der Waals surface area contributed by atoms with Crippen LogP contribution < -0.4 is 21.3 Å². The van der Waals surface area contributed by atoms with Crippen molar-refractivity contribution in [1.82, 2.24) is 4.98 Å². The number of nitrogens with zero attached hydrogens (tertiary/aromatic N) is 1. The molecule has 0 bridgehead atoms. The van der Waals surface area contributed by atoms with Gasteiger partial charge in [-0.2, -0.15) is 0 Å². The van der Waals surface area contributed by atoms with Gasteiger partial charge in [0, 0.05) is 0 Å². The van der Waals surface area contributed by atoms with Crippen LogP contribution in [0.1, 0.15) is 0 Å². The summed E-state index contributed by atoms with van der Waals surface area (Å²) in [6.45, 7) is 0. The molecule has 0 aliphatic heterocycles. The monoisotopic (exact) mass is 284 g/mol. The third kappa shape index (κ3) is 3.75. The Hall–Kier alpha value is -2.48. The molecule has 0 fully saturated rings. The number of nitrogens with two attached hydrogens (primary N) is 1. The molecule has 0 aliphatic rings. The summed E-state index contributed by atoms with van der Waals surface area (Å²) in [7, 11) is 0. The van der Waals surface area contributed by atoms with Crippen LogP contribution in [-0.2, 0) is 0 Å². The molecule has 2 rings (SSSR count). The first-order valence-electron chi connectivity index (χ1n) is 5.53. The molecule has 5 nitrogen and oxygen atoms in total. The normalized spacial score (nSPS) is 11.0. The van der Waals surface area contributed by atoms with Crippen molar-refractivity contribution in [3.8, 4) is 5.75 Å². The molecule has 0 amide bonds. The third-order valence-corrected chi connectivity index (χ3v) is 2.27. The SMILES string of the molecule is NNc1cccc(Nc2ccccc2OC(F)(F)F)n1. The van der Waals surface area contributed by atoms with Gasteiger partial charge in [0.25, 0.3) is 0 Å². The van der Waals surface area contributed by atoms with E-state index in [1.807, 2.05) is 0 Å². The summed E-state index contributed by atoms with van der Waals surface area (Å²) >= 11 is 0. The molecule has 0 radical (unpaired) electrons. The molecule has 0 saturated carbocycles. The van der Waals surface area contributed by atoms with Crippen molar-refractivity contribution in [2.75, 3.05) is 10.7 Å². The Morgan fingerprint density at radius 2 is 1.70 bits per heavy atom. The second-order valence-electron chi connectivity index (χ2n) is 3.72. The van der Waals surface area contributed by atoms with E-state index in [-0.39, 0.29) is 11.4 Å². The first-order chi connectivity index (χ1) is 9.48. The maximum atomic E-state index is 12.3. The molecule has 0 unspecified atom stereocenters. The minimum atomic E-state index is -4.76. The number of pyridine rings is 1. The molecule has 0 saturated heterocycles. The Bertz CT molecular complexity index is 589. The van der Waals surface area contributed by atoms with E-state index in [9.17, 15) is 13.2 Å². The standard InChI is InChI=1S/C12H11F3N4O/c13-12(14,15)20-9-5-2-1-4-8(9)17-10-6-3-7-11(18-10)19-16/h1-7H,16H2,(H2,17,18,19). The minimum absolute atomic E-state index is 0.145. The van der Waals surface area contributed by atoms with Crippen LogP contribution in [0.3, 0.4) is 0 Å². The number of para-hydroxylation sites is 2. The third-order valence-electron chi connectivity index (χ3n) is 2.27. The number of anilines is 3. The van der Waals surface area contributed by atoms with E-state index in [1.54, 1.807) is 24.3 Å². The van der Waals surface area contributed by atoms with E-state index in [0.717, 1.165) is 0 Å². The van der Waals surface area contributed by atoms with Crippen LogP contribution in [0.4, 0.5) is 30.5 Å². The second-order valence-corrected chi connectivity index (χ2v) is 3.72. The molecule has 4 N–H and O–H groups in total. The summed E-state index contributed by atoms with van der Waals surface area (Å²) < 4.78 is 40.8. The summed E-state index contributed by atoms with van der Waals surface area (Å²) in [6.07, 6.45) is -4.76. The zero-order chi connectivity index (χ0) is 14.6. The lowest BCUT2D eigenvalue weighted by Crippen LogP contribution is -2.18. The highest BCUT2D eigenvalue weighted by Crippen LogP contribution is 2.31. The zero-order valence-corrected chi connectivity index (χ0v) is 10.1. The van der Waals surface area contributed by atoms with Gasteiger partial charge in [-0.15, -0.1) is 13.2 Å². The average molecular weight is 284 g/mol. The molecule has 106 valence electrons. The van der Waals surface area contributed by atoms with Gasteiger partial charge in [-0.25, -0.2) is 10.8 Å². The number of halogens is 3. The number of ether oxygens (including phenoxy) is 1. The first-order valence-corrected chi connectivity index (χ1v) is 5.53. The average Bonchev–Trinajstić information content (AvgIpc) is 2.40. The molecule has 8 heteroatoms. The fourth-order valence-corrected chi connectivity index (χ4v) is 1.51. The van der Waals surface area contributed by atoms with Crippen molar-refractivity contribution >= 4 is 17.3 Å². The van der Waals surface area contributed by atoms with E-state index < -0.39 is 6.36 Å². The van der Waals surface area contributed by atoms with Gasteiger partial charge in [0.2, 0.25) is 0 Å². The number of benzene rings is 1. The highest BCUT2D eigenvalue weighted by atomic mass is 19.4. The number of nitrogens with one attached hydrogen (secondary N) is 2. The lowest BCUT2D eigenvalue weighted by Gasteiger charge is -2.14. The van der Waals surface area contributed by atoms with Gasteiger partial charge < -0.3 is 15.5 Å². The largest absolute Gasteiger partial charge is 0.573 e. The maximum absolute atomic E-state index is 12.3. The van der Waals surface area contributed by atoms with Crippen LogP contribution in [-0.4, -0.2) is 11.3 Å². The van der Waals surface area contributed by atoms with Crippen LogP contribution in [0.15, 0.2) is 42.5 Å². The number of rotatable bonds is 4. The van der Waals surface area contributed by atoms with Crippen molar-refractivity contribution in [2.24, 2.45) is 5.84 Å². The Morgan fingerprint density at radius 3 is 2.40 bits per heavy atom. The van der Waals surface area contributed by atoms with E-state index in [1.165, 1.54) is 18.2 Å². The molecule has 0 spiro atoms. The number of hydrogen-bond acceptors (Lipinski definition) is 5. The van der Waals surface area contributed by atoms with Crippen LogP contribution in [0.2, 0.25) is 0 Å². The van der Waals surface area contributed by atoms with Crippen molar-refractivity contribution in [3.63, 3.8) is 0 Å². The number of nitrogen functional groups attached to an aromatic ring is 1. The number of hydrogen-bond donors (Lipinski definition) is 3. The van der Waals surface area contributed by atoms with Crippen molar-refractivity contribution in [1.29, 1.82) is 0 Å². The lowest BCUT2D eigenvalue weighted by molar-refractivity contribution is -0.274. The number of alkyl halides is 3. The zero-order valence-electron chi connectivity index (χ0n) is 10.1. The summed E-state index contributed by atoms with van der Waals surface area (Å²) in [5.74, 6) is 5.58. The highest BCUT2D eigenvalue weighted by Gasteiger charge is 2.32. The molecular formula is C12H11F3N4O. The van der Waals surface area contributed by atoms with E-state index in [4.69, 9.17) is 5.84 Å². The summed E-state index contributed by atoms with van der Waals surface area (Å²) in [5, 5.41) is 2.74. The Morgan fingerprint density at radius 1 is 1.00 bits per heavy atom. The summed E-state index contributed by atoms with van der Waals surface area (Å²) in [5.41, 5.74) is 2.49. The maximum Gasteiger partial charge on any atom is 0.573 e. The molecular weight excluding hydrogens is 273 g/mol.